The van der Waals surface area contributed by atoms with Crippen LogP contribution in [0.2, 0.25) is 0 Å². The van der Waals surface area contributed by atoms with Gasteiger partial charge in [0.15, 0.2) is 0 Å². The Morgan fingerprint density at radius 1 is 1.35 bits per heavy atom. The molecule has 0 saturated heterocycles. The highest BCUT2D eigenvalue weighted by atomic mass is 16.3. The van der Waals surface area contributed by atoms with Crippen LogP contribution in [0, 0.1) is 0 Å². The normalized spacial score (nSPS) is 13.4. The molecule has 0 radical (unpaired) electrons. The average molecular weight is 233 g/mol. The fourth-order valence-corrected chi connectivity index (χ4v) is 2.16. The van der Waals surface area contributed by atoms with Crippen LogP contribution >= 0.6 is 0 Å². The van der Waals surface area contributed by atoms with Gasteiger partial charge < -0.3 is 10.1 Å². The summed E-state index contributed by atoms with van der Waals surface area (Å²) in [7, 11) is 0. The molecule has 0 aliphatic carbocycles. The summed E-state index contributed by atoms with van der Waals surface area (Å²) < 4.78 is 0. The number of phenolic OH excluding ortho intramolecular Hbond substituents is 1. The van der Waals surface area contributed by atoms with Gasteiger partial charge in [0.2, 0.25) is 0 Å². The largest absolute Gasteiger partial charge is 0.508 e. The van der Waals surface area contributed by atoms with E-state index in [0.717, 1.165) is 29.9 Å². The molecule has 4 nitrogen and oxygen atoms in total. The Labute approximate surface area is 101 Å². The highest BCUT2D eigenvalue weighted by Gasteiger charge is 2.16. The molecule has 2 N–H and O–H groups in total. The van der Waals surface area contributed by atoms with Gasteiger partial charge in [0.25, 0.3) is 0 Å². The Bertz CT molecular complexity index is 502. The van der Waals surface area contributed by atoms with E-state index >= 15 is 0 Å². The van der Waals surface area contributed by atoms with E-state index in [2.05, 4.69) is 35.6 Å². The number of nitrogens with one attached hydrogen (secondary N) is 1. The number of H-pyrrole nitrogens is 1. The minimum atomic E-state index is 0.263. The van der Waals surface area contributed by atoms with E-state index in [-0.39, 0.29) is 11.8 Å². The zero-order chi connectivity index (χ0) is 12.4. The maximum Gasteiger partial charge on any atom is 0.124 e. The van der Waals surface area contributed by atoms with Crippen molar-refractivity contribution < 1.29 is 5.11 Å². The molecule has 0 aliphatic heterocycles. The number of benzene rings is 1. The van der Waals surface area contributed by atoms with E-state index in [1.807, 2.05) is 6.07 Å². The van der Waals surface area contributed by atoms with Crippen molar-refractivity contribution in [2.24, 2.45) is 0 Å². The van der Waals surface area contributed by atoms with Crippen LogP contribution in [-0.2, 0) is 0 Å². The zero-order valence-corrected chi connectivity index (χ0v) is 10.6. The minimum absolute atomic E-state index is 0.263. The molecule has 1 atom stereocenters. The summed E-state index contributed by atoms with van der Waals surface area (Å²) in [5, 5.41) is 9.42. The lowest BCUT2D eigenvalue weighted by atomic mass is 10.2. The molecule has 0 fully saturated rings. The monoisotopic (exact) mass is 233 g/mol. The van der Waals surface area contributed by atoms with Crippen LogP contribution < -0.4 is 0 Å². The molecule has 2 aromatic rings. The third-order valence-corrected chi connectivity index (χ3v) is 3.24. The predicted octanol–water partition coefficient (Wildman–Crippen LogP) is 2.67. The molecular formula is C13H19N3O. The summed E-state index contributed by atoms with van der Waals surface area (Å²) in [5.41, 5.74) is 1.79. The first-order valence-electron chi connectivity index (χ1n) is 6.08. The van der Waals surface area contributed by atoms with Crippen molar-refractivity contribution in [1.82, 2.24) is 14.9 Å². The maximum absolute atomic E-state index is 9.42. The number of imidazole rings is 1. The van der Waals surface area contributed by atoms with Crippen LogP contribution in [-0.4, -0.2) is 33.1 Å². The molecule has 1 aromatic carbocycles. The number of hydrogen-bond donors (Lipinski definition) is 2. The molecule has 0 spiro atoms. The lowest BCUT2D eigenvalue weighted by Gasteiger charge is -2.24. The van der Waals surface area contributed by atoms with E-state index in [9.17, 15) is 5.11 Å². The highest BCUT2D eigenvalue weighted by Crippen LogP contribution is 2.22. The topological polar surface area (TPSA) is 52.1 Å². The second-order valence-electron chi connectivity index (χ2n) is 4.22. The summed E-state index contributed by atoms with van der Waals surface area (Å²) in [6, 6.07) is 5.47. The SMILES string of the molecule is CCN(CC)C(C)c1nc2ccc(O)cc2[nH]1. The standard InChI is InChI=1S/C13H19N3O/c1-4-16(5-2)9(3)13-14-11-7-6-10(17)8-12(11)15-13/h6-9,17H,4-5H2,1-3H3,(H,14,15). The van der Waals surface area contributed by atoms with Crippen molar-refractivity contribution in [3.63, 3.8) is 0 Å². The Morgan fingerprint density at radius 3 is 2.71 bits per heavy atom. The molecule has 92 valence electrons. The molecule has 17 heavy (non-hydrogen) atoms. The van der Waals surface area contributed by atoms with Gasteiger partial charge in [-0.1, -0.05) is 13.8 Å². The zero-order valence-electron chi connectivity index (χ0n) is 10.6. The lowest BCUT2D eigenvalue weighted by molar-refractivity contribution is 0.227. The van der Waals surface area contributed by atoms with E-state index < -0.39 is 0 Å². The van der Waals surface area contributed by atoms with Crippen molar-refractivity contribution in [3.05, 3.63) is 24.0 Å². The Morgan fingerprint density at radius 2 is 2.06 bits per heavy atom. The van der Waals surface area contributed by atoms with E-state index in [1.54, 1.807) is 12.1 Å². The predicted molar refractivity (Wildman–Crippen MR) is 69.1 cm³/mol. The molecule has 0 bridgehead atoms. The number of aromatic nitrogens is 2. The Kier molecular flexibility index (Phi) is 3.33. The summed E-state index contributed by atoms with van der Waals surface area (Å²) in [5.74, 6) is 1.22. The van der Waals surface area contributed by atoms with Crippen LogP contribution in [0.15, 0.2) is 18.2 Å². The first kappa shape index (κ1) is 11.9. The third-order valence-electron chi connectivity index (χ3n) is 3.24. The van der Waals surface area contributed by atoms with Crippen LogP contribution in [0.1, 0.15) is 32.6 Å². The van der Waals surface area contributed by atoms with Crippen LogP contribution in [0.4, 0.5) is 0 Å². The van der Waals surface area contributed by atoms with Gasteiger partial charge in [-0.3, -0.25) is 4.90 Å². The number of nitrogens with zero attached hydrogens (tertiary/aromatic N) is 2. The second kappa shape index (κ2) is 4.75. The Hall–Kier alpha value is -1.55. The lowest BCUT2D eigenvalue weighted by Crippen LogP contribution is -2.27. The summed E-state index contributed by atoms with van der Waals surface area (Å²) in [6.45, 7) is 8.44. The molecule has 2 rings (SSSR count). The Balaban J connectivity index is 2.35. The van der Waals surface area contributed by atoms with E-state index in [4.69, 9.17) is 0 Å². The van der Waals surface area contributed by atoms with Gasteiger partial charge in [0, 0.05) is 6.07 Å². The molecular weight excluding hydrogens is 214 g/mol. The van der Waals surface area contributed by atoms with Gasteiger partial charge in [-0.2, -0.15) is 0 Å². The van der Waals surface area contributed by atoms with Crippen molar-refractivity contribution in [2.75, 3.05) is 13.1 Å². The fourth-order valence-electron chi connectivity index (χ4n) is 2.16. The minimum Gasteiger partial charge on any atom is -0.508 e. The number of fused-ring (bicyclic) bond motifs is 1. The maximum atomic E-state index is 9.42. The van der Waals surface area contributed by atoms with Gasteiger partial charge in [-0.25, -0.2) is 4.98 Å². The number of hydrogen-bond acceptors (Lipinski definition) is 3. The third kappa shape index (κ3) is 2.26. The summed E-state index contributed by atoms with van der Waals surface area (Å²) in [6.07, 6.45) is 0. The molecule has 1 unspecified atom stereocenters. The average Bonchev–Trinajstić information content (AvgIpc) is 2.73. The number of aromatic amines is 1. The van der Waals surface area contributed by atoms with Crippen LogP contribution in [0.25, 0.3) is 11.0 Å². The van der Waals surface area contributed by atoms with Crippen LogP contribution in [0.5, 0.6) is 5.75 Å². The van der Waals surface area contributed by atoms with E-state index in [0.29, 0.717) is 0 Å². The van der Waals surface area contributed by atoms with E-state index in [1.165, 1.54) is 0 Å². The molecule has 0 amide bonds. The number of rotatable bonds is 4. The molecule has 4 heteroatoms. The van der Waals surface area contributed by atoms with Gasteiger partial charge in [-0.15, -0.1) is 0 Å². The van der Waals surface area contributed by atoms with Crippen molar-refractivity contribution in [3.8, 4) is 5.75 Å². The van der Waals surface area contributed by atoms with Crippen molar-refractivity contribution in [2.45, 2.75) is 26.8 Å². The number of aromatic hydroxyl groups is 1. The van der Waals surface area contributed by atoms with Crippen molar-refractivity contribution in [1.29, 1.82) is 0 Å². The second-order valence-corrected chi connectivity index (χ2v) is 4.22. The fraction of sp³-hybridized carbons (Fsp3) is 0.462. The number of phenols is 1. The van der Waals surface area contributed by atoms with Gasteiger partial charge >= 0.3 is 0 Å². The first-order chi connectivity index (χ1) is 8.15. The van der Waals surface area contributed by atoms with Crippen molar-refractivity contribution >= 4 is 11.0 Å². The first-order valence-corrected chi connectivity index (χ1v) is 6.08. The van der Waals surface area contributed by atoms with Gasteiger partial charge in [-0.05, 0) is 32.1 Å². The quantitative estimate of drug-likeness (QED) is 0.853. The molecule has 0 saturated carbocycles. The van der Waals surface area contributed by atoms with Gasteiger partial charge in [0.1, 0.15) is 11.6 Å². The van der Waals surface area contributed by atoms with Gasteiger partial charge in [0.05, 0.1) is 17.1 Å². The molecule has 1 heterocycles. The smallest absolute Gasteiger partial charge is 0.124 e. The summed E-state index contributed by atoms with van der Waals surface area (Å²) >= 11 is 0. The molecule has 0 aliphatic rings. The van der Waals surface area contributed by atoms with Crippen LogP contribution in [0.3, 0.4) is 0 Å². The highest BCUT2D eigenvalue weighted by molar-refractivity contribution is 5.76. The molecule has 1 aromatic heterocycles. The summed E-state index contributed by atoms with van der Waals surface area (Å²) in [4.78, 5) is 10.2.